The molecule has 1 N–H and O–H groups in total. The lowest BCUT2D eigenvalue weighted by Crippen LogP contribution is -2.44. The predicted octanol–water partition coefficient (Wildman–Crippen LogP) is 2.89. The highest BCUT2D eigenvalue weighted by molar-refractivity contribution is 7.89. The van der Waals surface area contributed by atoms with Gasteiger partial charge in [0.15, 0.2) is 11.5 Å². The molecule has 2 aromatic rings. The lowest BCUT2D eigenvalue weighted by Gasteiger charge is -2.32. The van der Waals surface area contributed by atoms with E-state index in [2.05, 4.69) is 5.32 Å². The maximum atomic E-state index is 13.2. The number of hydrogen-bond acceptors (Lipinski definition) is 6. The van der Waals surface area contributed by atoms with Crippen molar-refractivity contribution in [1.29, 1.82) is 0 Å². The van der Waals surface area contributed by atoms with Gasteiger partial charge in [-0.3, -0.25) is 4.79 Å². The van der Waals surface area contributed by atoms with Crippen LogP contribution in [-0.2, 0) is 14.8 Å². The van der Waals surface area contributed by atoms with Gasteiger partial charge in [-0.15, -0.1) is 0 Å². The SMILES string of the molecule is O=C(N[C@@H]1CCOc2ccccc21)C1CCN(S(=O)(=O)c2ccc3c(c2)OCCCO3)CC1. The van der Waals surface area contributed by atoms with E-state index in [-0.39, 0.29) is 22.8 Å². The van der Waals surface area contributed by atoms with E-state index in [4.69, 9.17) is 14.2 Å². The summed E-state index contributed by atoms with van der Waals surface area (Å²) in [7, 11) is -3.67. The van der Waals surface area contributed by atoms with E-state index in [9.17, 15) is 13.2 Å². The zero-order valence-corrected chi connectivity index (χ0v) is 19.2. The first-order valence-corrected chi connectivity index (χ1v) is 12.9. The third-order valence-corrected chi connectivity index (χ3v) is 8.35. The molecule has 3 heterocycles. The van der Waals surface area contributed by atoms with Gasteiger partial charge in [0.1, 0.15) is 5.75 Å². The molecule has 33 heavy (non-hydrogen) atoms. The van der Waals surface area contributed by atoms with Crippen molar-refractivity contribution in [2.45, 2.75) is 36.6 Å². The molecule has 1 fully saturated rings. The molecule has 0 unspecified atom stereocenters. The fraction of sp³-hybridized carbons (Fsp3) is 0.458. The number of para-hydroxylation sites is 1. The lowest BCUT2D eigenvalue weighted by molar-refractivity contribution is -0.127. The highest BCUT2D eigenvalue weighted by Gasteiger charge is 2.34. The van der Waals surface area contributed by atoms with Gasteiger partial charge >= 0.3 is 0 Å². The molecular weight excluding hydrogens is 444 g/mol. The number of benzene rings is 2. The molecule has 1 atom stereocenters. The first kappa shape index (κ1) is 22.0. The van der Waals surface area contributed by atoms with Gasteiger partial charge in [0.2, 0.25) is 15.9 Å². The number of rotatable bonds is 4. The summed E-state index contributed by atoms with van der Waals surface area (Å²) in [6, 6.07) is 12.4. The van der Waals surface area contributed by atoms with Crippen molar-refractivity contribution in [2.24, 2.45) is 5.92 Å². The first-order valence-electron chi connectivity index (χ1n) is 11.4. The Labute approximate surface area is 193 Å². The van der Waals surface area contributed by atoms with Crippen LogP contribution in [-0.4, -0.2) is 51.5 Å². The van der Waals surface area contributed by atoms with E-state index >= 15 is 0 Å². The molecule has 1 saturated heterocycles. The third kappa shape index (κ3) is 4.52. The van der Waals surface area contributed by atoms with Crippen LogP contribution in [0.25, 0.3) is 0 Å². The van der Waals surface area contributed by atoms with Crippen LogP contribution in [0.1, 0.15) is 37.3 Å². The number of hydrogen-bond donors (Lipinski definition) is 1. The smallest absolute Gasteiger partial charge is 0.243 e. The van der Waals surface area contributed by atoms with Gasteiger partial charge in [-0.05, 0) is 31.0 Å². The van der Waals surface area contributed by atoms with Crippen LogP contribution in [0.5, 0.6) is 17.2 Å². The van der Waals surface area contributed by atoms with Gasteiger partial charge < -0.3 is 19.5 Å². The fourth-order valence-corrected chi connectivity index (χ4v) is 6.08. The van der Waals surface area contributed by atoms with Crippen LogP contribution < -0.4 is 19.5 Å². The number of carbonyl (C=O) groups is 1. The molecule has 3 aliphatic heterocycles. The van der Waals surface area contributed by atoms with E-state index in [0.717, 1.165) is 24.2 Å². The van der Waals surface area contributed by atoms with Gasteiger partial charge in [-0.2, -0.15) is 4.31 Å². The number of carbonyl (C=O) groups excluding carboxylic acids is 1. The maximum Gasteiger partial charge on any atom is 0.243 e. The highest BCUT2D eigenvalue weighted by Crippen LogP contribution is 2.35. The largest absolute Gasteiger partial charge is 0.493 e. The van der Waals surface area contributed by atoms with Crippen LogP contribution in [0.3, 0.4) is 0 Å². The second-order valence-corrected chi connectivity index (χ2v) is 10.5. The van der Waals surface area contributed by atoms with Crippen molar-refractivity contribution < 1.29 is 27.4 Å². The molecule has 9 heteroatoms. The highest BCUT2D eigenvalue weighted by atomic mass is 32.2. The Morgan fingerprint density at radius 2 is 1.61 bits per heavy atom. The van der Waals surface area contributed by atoms with E-state index in [0.29, 0.717) is 57.3 Å². The van der Waals surface area contributed by atoms with Crippen molar-refractivity contribution in [1.82, 2.24) is 9.62 Å². The Balaban J connectivity index is 1.22. The van der Waals surface area contributed by atoms with Crippen LogP contribution >= 0.6 is 0 Å². The second-order valence-electron chi connectivity index (χ2n) is 8.57. The Morgan fingerprint density at radius 1 is 0.879 bits per heavy atom. The Hall–Kier alpha value is -2.78. The van der Waals surface area contributed by atoms with Gasteiger partial charge in [0.05, 0.1) is 30.8 Å². The van der Waals surface area contributed by atoms with Crippen molar-refractivity contribution in [3.8, 4) is 17.2 Å². The fourth-order valence-electron chi connectivity index (χ4n) is 4.59. The van der Waals surface area contributed by atoms with Gasteiger partial charge in [0.25, 0.3) is 0 Å². The summed E-state index contributed by atoms with van der Waals surface area (Å²) < 4.78 is 44.8. The molecule has 0 aliphatic carbocycles. The molecule has 0 saturated carbocycles. The van der Waals surface area contributed by atoms with E-state index in [1.807, 2.05) is 24.3 Å². The normalized spacial score (nSPS) is 21.4. The van der Waals surface area contributed by atoms with Gasteiger partial charge in [-0.25, -0.2) is 8.42 Å². The van der Waals surface area contributed by atoms with Crippen LogP contribution in [0, 0.1) is 5.92 Å². The number of ether oxygens (including phenoxy) is 3. The number of piperidine rings is 1. The van der Waals surface area contributed by atoms with Gasteiger partial charge in [0, 0.05) is 43.5 Å². The molecule has 0 aromatic heterocycles. The molecule has 3 aliphatic rings. The summed E-state index contributed by atoms with van der Waals surface area (Å²) in [6.45, 7) is 2.22. The minimum absolute atomic E-state index is 0.0238. The second kappa shape index (κ2) is 9.23. The molecule has 5 rings (SSSR count). The Bertz CT molecular complexity index is 1130. The first-order chi connectivity index (χ1) is 16.0. The quantitative estimate of drug-likeness (QED) is 0.736. The zero-order chi connectivity index (χ0) is 22.8. The summed E-state index contributed by atoms with van der Waals surface area (Å²) in [5.74, 6) is 1.60. The van der Waals surface area contributed by atoms with Crippen LogP contribution in [0.15, 0.2) is 47.4 Å². The van der Waals surface area contributed by atoms with E-state index < -0.39 is 10.0 Å². The Morgan fingerprint density at radius 3 is 2.42 bits per heavy atom. The average molecular weight is 473 g/mol. The summed E-state index contributed by atoms with van der Waals surface area (Å²) in [4.78, 5) is 13.1. The number of sulfonamides is 1. The number of nitrogens with one attached hydrogen (secondary N) is 1. The summed E-state index contributed by atoms with van der Waals surface area (Å²) in [6.07, 6.45) is 2.45. The molecule has 0 bridgehead atoms. The van der Waals surface area contributed by atoms with Crippen molar-refractivity contribution in [3.63, 3.8) is 0 Å². The van der Waals surface area contributed by atoms with Crippen molar-refractivity contribution >= 4 is 15.9 Å². The Kier molecular flexibility index (Phi) is 6.16. The average Bonchev–Trinajstić information content (AvgIpc) is 3.09. The summed E-state index contributed by atoms with van der Waals surface area (Å²) >= 11 is 0. The van der Waals surface area contributed by atoms with Crippen molar-refractivity contribution in [2.75, 3.05) is 32.9 Å². The topological polar surface area (TPSA) is 94.2 Å². The predicted molar refractivity (Wildman–Crippen MR) is 121 cm³/mol. The van der Waals surface area contributed by atoms with Crippen LogP contribution in [0.4, 0.5) is 0 Å². The monoisotopic (exact) mass is 472 g/mol. The standard InChI is InChI=1S/C24H28N2O6S/c27-24(25-20-10-15-32-21-5-2-1-4-19(20)21)17-8-11-26(12-9-17)33(28,29)18-6-7-22-23(16-18)31-14-3-13-30-22/h1-2,4-7,16-17,20H,3,8-15H2,(H,25,27)/t20-/m1/s1. The molecule has 2 aromatic carbocycles. The molecular formula is C24H28N2O6S. The van der Waals surface area contributed by atoms with E-state index in [1.54, 1.807) is 12.1 Å². The maximum absolute atomic E-state index is 13.2. The number of fused-ring (bicyclic) bond motifs is 2. The zero-order valence-electron chi connectivity index (χ0n) is 18.4. The minimum atomic E-state index is -3.67. The third-order valence-electron chi connectivity index (χ3n) is 6.46. The lowest BCUT2D eigenvalue weighted by atomic mass is 9.95. The molecule has 176 valence electrons. The summed E-state index contributed by atoms with van der Waals surface area (Å²) in [5.41, 5.74) is 0.992. The van der Waals surface area contributed by atoms with Crippen LogP contribution in [0.2, 0.25) is 0 Å². The summed E-state index contributed by atoms with van der Waals surface area (Å²) in [5, 5.41) is 3.15. The number of amides is 1. The molecule has 8 nitrogen and oxygen atoms in total. The van der Waals surface area contributed by atoms with Crippen molar-refractivity contribution in [3.05, 3.63) is 48.0 Å². The molecule has 0 spiro atoms. The molecule has 0 radical (unpaired) electrons. The van der Waals surface area contributed by atoms with E-state index in [1.165, 1.54) is 10.4 Å². The minimum Gasteiger partial charge on any atom is -0.493 e. The van der Waals surface area contributed by atoms with Gasteiger partial charge in [-0.1, -0.05) is 18.2 Å². The number of nitrogens with zero attached hydrogens (tertiary/aromatic N) is 1. The molecule has 1 amide bonds.